The van der Waals surface area contributed by atoms with Crippen LogP contribution in [-0.4, -0.2) is 42.1 Å². The molecule has 0 spiro atoms. The Bertz CT molecular complexity index is 4090. The molecule has 0 unspecified atom stereocenters. The molecule has 4 heterocycles. The Morgan fingerprint density at radius 2 is 0.600 bits per heavy atom. The normalized spacial score (nSPS) is 11.7. The zero-order chi connectivity index (χ0) is 49.7. The van der Waals surface area contributed by atoms with Gasteiger partial charge in [0.25, 0.3) is 0 Å². The van der Waals surface area contributed by atoms with Gasteiger partial charge in [-0.15, -0.1) is 0 Å². The first-order valence-electron chi connectivity index (χ1n) is 25.2. The van der Waals surface area contributed by atoms with Gasteiger partial charge < -0.3 is 0 Å². The molecule has 0 saturated heterocycles. The van der Waals surface area contributed by atoms with Gasteiger partial charge in [0.05, 0.1) is 27.8 Å². The third kappa shape index (κ3) is 7.46. The van der Waals surface area contributed by atoms with Crippen LogP contribution in [0.3, 0.4) is 0 Å². The van der Waals surface area contributed by atoms with Crippen LogP contribution < -0.4 is 20.7 Å². The molecule has 0 saturated carbocycles. The molecule has 0 atom stereocenters. The van der Waals surface area contributed by atoms with Gasteiger partial charge in [0.1, 0.15) is 5.82 Å². The van der Waals surface area contributed by atoms with Gasteiger partial charge in [-0.3, -0.25) is 9.13 Å². The van der Waals surface area contributed by atoms with Crippen LogP contribution in [0.25, 0.3) is 101 Å². The Balaban J connectivity index is 1.02. The minimum Gasteiger partial charge on any atom is -0.294 e. The Kier molecular flexibility index (Phi) is 10.7. The largest absolute Gasteiger partial charge is 0.294 e. The van der Waals surface area contributed by atoms with Gasteiger partial charge in [-0.2, -0.15) is 4.98 Å². The molecule has 14 aromatic rings. The highest BCUT2D eigenvalue weighted by Gasteiger charge is 2.42. The van der Waals surface area contributed by atoms with Crippen LogP contribution in [0.4, 0.5) is 0 Å². The predicted molar refractivity (Wildman–Crippen MR) is 309 cm³/mol. The van der Waals surface area contributed by atoms with Crippen molar-refractivity contribution in [3.05, 3.63) is 273 Å². The predicted octanol–water partition coefficient (Wildman–Crippen LogP) is 12.9. The van der Waals surface area contributed by atoms with E-state index in [-0.39, 0.29) is 0 Å². The SMILES string of the molecule is c1ccc(-c2nc(-c3ccccc3)nc(-c3cccc([Si](c4ccccc4)(c4ccccc4)c4cccc(-c5cc(-n6c7ccccc7c7ccccc76)nc(-n6c7ccccc7c7ccccc76)n5)c4)c3)n2)cc1. The Hall–Kier alpha value is -9.89. The molecule has 7 nitrogen and oxygen atoms in total. The molecule has 0 amide bonds. The van der Waals surface area contributed by atoms with Crippen LogP contribution >= 0.6 is 0 Å². The lowest BCUT2D eigenvalue weighted by atomic mass is 10.1. The van der Waals surface area contributed by atoms with E-state index in [2.05, 4.69) is 246 Å². The number of benzene rings is 10. The second-order valence-electron chi connectivity index (χ2n) is 18.8. The molecule has 10 aromatic carbocycles. The summed E-state index contributed by atoms with van der Waals surface area (Å²) in [6, 6.07) is 96.9. The molecule has 0 N–H and O–H groups in total. The van der Waals surface area contributed by atoms with Crippen LogP contribution in [0.5, 0.6) is 0 Å². The summed E-state index contributed by atoms with van der Waals surface area (Å²) in [7, 11) is -3.19. The third-order valence-corrected chi connectivity index (χ3v) is 19.3. The van der Waals surface area contributed by atoms with Crippen molar-refractivity contribution < 1.29 is 0 Å². The van der Waals surface area contributed by atoms with E-state index in [1.807, 2.05) is 36.4 Å². The molecule has 0 radical (unpaired) electrons. The summed E-state index contributed by atoms with van der Waals surface area (Å²) in [6.07, 6.45) is 0. The number of aromatic nitrogens is 7. The number of para-hydroxylation sites is 4. The summed E-state index contributed by atoms with van der Waals surface area (Å²) in [5, 5.41) is 9.52. The maximum absolute atomic E-state index is 5.61. The first-order valence-corrected chi connectivity index (χ1v) is 27.2. The van der Waals surface area contributed by atoms with E-state index in [0.29, 0.717) is 23.4 Å². The van der Waals surface area contributed by atoms with Crippen molar-refractivity contribution in [3.63, 3.8) is 0 Å². The van der Waals surface area contributed by atoms with E-state index in [4.69, 9.17) is 24.9 Å². The standard InChI is InChI=1S/C67H45N7Si/c1-5-23-46(24-6-1)64-70-65(47-25-7-2-8-26-47)72-66(71-64)49-28-22-34-53(44-49)75(50-29-9-3-10-30-50,51-31-11-4-12-32-51)52-33-21-27-48(43-52)58-45-63(73-59-39-17-13-35-54(59)55-36-14-18-40-60(55)73)69-67(68-58)74-61-41-19-15-37-56(61)57-38-16-20-42-62(57)74/h1-45H. The molecule has 0 bridgehead atoms. The van der Waals surface area contributed by atoms with Gasteiger partial charge in [0.2, 0.25) is 5.95 Å². The lowest BCUT2D eigenvalue weighted by Gasteiger charge is -2.35. The van der Waals surface area contributed by atoms with Gasteiger partial charge in [-0.1, -0.05) is 243 Å². The van der Waals surface area contributed by atoms with Crippen LogP contribution in [0.2, 0.25) is 0 Å². The van der Waals surface area contributed by atoms with E-state index in [0.717, 1.165) is 66.6 Å². The second-order valence-corrected chi connectivity index (χ2v) is 22.6. The van der Waals surface area contributed by atoms with Crippen molar-refractivity contribution in [1.29, 1.82) is 0 Å². The van der Waals surface area contributed by atoms with Crippen molar-refractivity contribution in [2.75, 3.05) is 0 Å². The third-order valence-electron chi connectivity index (χ3n) is 14.5. The zero-order valence-electron chi connectivity index (χ0n) is 40.6. The van der Waals surface area contributed by atoms with Crippen molar-refractivity contribution in [2.24, 2.45) is 0 Å². The summed E-state index contributed by atoms with van der Waals surface area (Å²) in [5.41, 5.74) is 8.80. The number of rotatable bonds is 10. The molecule has 75 heavy (non-hydrogen) atoms. The Labute approximate surface area is 434 Å². The van der Waals surface area contributed by atoms with Crippen LogP contribution in [0, 0.1) is 0 Å². The Morgan fingerprint density at radius 3 is 1.07 bits per heavy atom. The number of hydrogen-bond donors (Lipinski definition) is 0. The quantitative estimate of drug-likeness (QED) is 0.101. The number of fused-ring (bicyclic) bond motifs is 6. The first-order chi connectivity index (χ1) is 37.2. The lowest BCUT2D eigenvalue weighted by molar-refractivity contribution is 0.952. The second kappa shape index (κ2) is 18.3. The fourth-order valence-electron chi connectivity index (χ4n) is 11.2. The highest BCUT2D eigenvalue weighted by molar-refractivity contribution is 7.20. The molecule has 14 rings (SSSR count). The van der Waals surface area contributed by atoms with Gasteiger partial charge in [0.15, 0.2) is 25.5 Å². The molecular formula is C67H45N7Si. The highest BCUT2D eigenvalue weighted by atomic mass is 28.3. The van der Waals surface area contributed by atoms with Gasteiger partial charge in [-0.25, -0.2) is 19.9 Å². The van der Waals surface area contributed by atoms with Crippen molar-refractivity contribution in [1.82, 2.24) is 34.1 Å². The van der Waals surface area contributed by atoms with Crippen LogP contribution in [-0.2, 0) is 0 Å². The molecule has 0 aliphatic carbocycles. The summed E-state index contributed by atoms with van der Waals surface area (Å²) < 4.78 is 4.52. The fourth-order valence-corrected chi connectivity index (χ4v) is 16.0. The summed E-state index contributed by atoms with van der Waals surface area (Å²) in [4.78, 5) is 26.6. The summed E-state index contributed by atoms with van der Waals surface area (Å²) in [5.74, 6) is 3.23. The maximum Gasteiger partial charge on any atom is 0.237 e. The van der Waals surface area contributed by atoms with Crippen LogP contribution in [0.1, 0.15) is 0 Å². The van der Waals surface area contributed by atoms with E-state index in [9.17, 15) is 0 Å². The topological polar surface area (TPSA) is 74.3 Å². The van der Waals surface area contributed by atoms with Crippen molar-refractivity contribution >= 4 is 72.4 Å². The zero-order valence-corrected chi connectivity index (χ0v) is 41.6. The number of nitrogens with zero attached hydrogens (tertiary/aromatic N) is 7. The number of hydrogen-bond acceptors (Lipinski definition) is 5. The van der Waals surface area contributed by atoms with Gasteiger partial charge in [0, 0.05) is 49.9 Å². The minimum atomic E-state index is -3.19. The highest BCUT2D eigenvalue weighted by Crippen LogP contribution is 2.36. The smallest absolute Gasteiger partial charge is 0.237 e. The van der Waals surface area contributed by atoms with E-state index < -0.39 is 8.07 Å². The molecule has 0 aliphatic heterocycles. The van der Waals surface area contributed by atoms with E-state index in [1.165, 1.54) is 31.5 Å². The maximum atomic E-state index is 5.61. The van der Waals surface area contributed by atoms with Gasteiger partial charge >= 0.3 is 0 Å². The van der Waals surface area contributed by atoms with Crippen LogP contribution in [0.15, 0.2) is 273 Å². The summed E-state index contributed by atoms with van der Waals surface area (Å²) >= 11 is 0. The van der Waals surface area contributed by atoms with Crippen molar-refractivity contribution in [2.45, 2.75) is 0 Å². The average molecular weight is 976 g/mol. The molecule has 0 fully saturated rings. The minimum absolute atomic E-state index is 0.594. The Morgan fingerprint density at radius 1 is 0.253 bits per heavy atom. The monoisotopic (exact) mass is 975 g/mol. The first kappa shape index (κ1) is 43.9. The van der Waals surface area contributed by atoms with E-state index >= 15 is 0 Å². The molecule has 0 aliphatic rings. The lowest BCUT2D eigenvalue weighted by Crippen LogP contribution is -2.74. The molecule has 4 aromatic heterocycles. The average Bonchev–Trinajstić information content (AvgIpc) is 4.02. The summed E-state index contributed by atoms with van der Waals surface area (Å²) in [6.45, 7) is 0. The van der Waals surface area contributed by atoms with Gasteiger partial charge in [-0.05, 0) is 45.0 Å². The fraction of sp³-hybridized carbons (Fsp3) is 0. The van der Waals surface area contributed by atoms with E-state index in [1.54, 1.807) is 0 Å². The van der Waals surface area contributed by atoms with Crippen molar-refractivity contribution in [3.8, 4) is 57.2 Å². The molecule has 352 valence electrons. The molecular weight excluding hydrogens is 931 g/mol. The molecule has 8 heteroatoms.